The van der Waals surface area contributed by atoms with Gasteiger partial charge < -0.3 is 5.11 Å². The van der Waals surface area contributed by atoms with E-state index >= 15 is 0 Å². The van der Waals surface area contributed by atoms with Gasteiger partial charge in [0.15, 0.2) is 0 Å². The summed E-state index contributed by atoms with van der Waals surface area (Å²) in [6.07, 6.45) is 5.06. The number of rotatable bonds is 0. The van der Waals surface area contributed by atoms with Crippen LogP contribution in [0.2, 0.25) is 0 Å². The first-order chi connectivity index (χ1) is 7.98. The first-order valence-electron chi connectivity index (χ1n) is 6.89. The van der Waals surface area contributed by atoms with Crippen molar-refractivity contribution in [1.29, 1.82) is 0 Å². The van der Waals surface area contributed by atoms with Crippen LogP contribution in [0.1, 0.15) is 40.0 Å². The molecule has 0 amide bonds. The minimum atomic E-state index is -0.414. The Kier molecular flexibility index (Phi) is 2.32. The van der Waals surface area contributed by atoms with Gasteiger partial charge in [-0.1, -0.05) is 32.4 Å². The van der Waals surface area contributed by atoms with Crippen LogP contribution in [0.4, 0.5) is 0 Å². The topological polar surface area (TPSA) is 37.3 Å². The van der Waals surface area contributed by atoms with Crippen LogP contribution in [-0.4, -0.2) is 17.0 Å². The second-order valence-electron chi connectivity index (χ2n) is 6.53. The number of Topliss-reactive ketones (excluding diaryl/α,β-unsaturated/α-hetero) is 1. The molecule has 94 valence electrons. The van der Waals surface area contributed by atoms with E-state index in [1.165, 1.54) is 12.0 Å². The molecule has 0 radical (unpaired) electrons. The maximum Gasteiger partial charge on any atom is 0.143 e. The number of hydrogen-bond donors (Lipinski definition) is 1. The molecule has 17 heavy (non-hydrogen) atoms. The molecule has 0 aromatic carbocycles. The molecule has 3 aliphatic rings. The van der Waals surface area contributed by atoms with Crippen LogP contribution in [-0.2, 0) is 4.79 Å². The van der Waals surface area contributed by atoms with E-state index < -0.39 is 6.10 Å². The van der Waals surface area contributed by atoms with E-state index in [4.69, 9.17) is 0 Å². The average Bonchev–Trinajstić information content (AvgIpc) is 2.43. The predicted molar refractivity (Wildman–Crippen MR) is 66.4 cm³/mol. The fraction of sp³-hybridized carbons (Fsp3) is 0.800. The molecule has 3 rings (SSSR count). The molecule has 2 fully saturated rings. The molecule has 2 unspecified atom stereocenters. The zero-order chi connectivity index (χ0) is 12.4. The lowest BCUT2D eigenvalue weighted by molar-refractivity contribution is -0.131. The molecule has 0 aliphatic heterocycles. The monoisotopic (exact) mass is 234 g/mol. The Bertz CT molecular complexity index is 398. The fourth-order valence-electron chi connectivity index (χ4n) is 4.67. The summed E-state index contributed by atoms with van der Waals surface area (Å²) in [5.41, 5.74) is 1.47. The summed E-state index contributed by atoms with van der Waals surface area (Å²) in [6, 6.07) is 0. The van der Waals surface area contributed by atoms with E-state index in [0.29, 0.717) is 11.7 Å². The third kappa shape index (κ3) is 1.22. The SMILES string of the molecule is C[C@H]1C2C(=O)C(CC3=CCC[C@H](C)[C@]32C)[C@@H]1O. The number of fused-ring (bicyclic) bond motifs is 4. The summed E-state index contributed by atoms with van der Waals surface area (Å²) in [7, 11) is 0. The molecular weight excluding hydrogens is 212 g/mol. The van der Waals surface area contributed by atoms with Gasteiger partial charge in [-0.2, -0.15) is 0 Å². The molecule has 2 heteroatoms. The Labute approximate surface area is 103 Å². The number of allylic oxidation sites excluding steroid dienone is 2. The van der Waals surface area contributed by atoms with Gasteiger partial charge in [-0.05, 0) is 31.1 Å². The van der Waals surface area contributed by atoms with Gasteiger partial charge in [0.2, 0.25) is 0 Å². The molecule has 0 saturated heterocycles. The summed E-state index contributed by atoms with van der Waals surface area (Å²) in [6.45, 7) is 6.59. The maximum atomic E-state index is 12.4. The summed E-state index contributed by atoms with van der Waals surface area (Å²) in [5.74, 6) is 0.963. The normalized spacial score (nSPS) is 53.3. The van der Waals surface area contributed by atoms with E-state index in [9.17, 15) is 9.90 Å². The smallest absolute Gasteiger partial charge is 0.143 e. The average molecular weight is 234 g/mol. The van der Waals surface area contributed by atoms with E-state index in [-0.39, 0.29) is 23.2 Å². The highest BCUT2D eigenvalue weighted by molar-refractivity contribution is 5.90. The van der Waals surface area contributed by atoms with Gasteiger partial charge in [-0.25, -0.2) is 0 Å². The minimum absolute atomic E-state index is 0.0166. The predicted octanol–water partition coefficient (Wildman–Crippen LogP) is 2.56. The standard InChI is InChI=1S/C15H22O2/c1-8-5-4-6-10-7-11-13(16)9(2)12(14(11)17)15(8,10)3/h6,8-9,11-13,16H,4-5,7H2,1-3H3/t8-,9-,11?,12?,13+,15+/m0/s1. The van der Waals surface area contributed by atoms with Crippen molar-refractivity contribution in [2.75, 3.05) is 0 Å². The lowest BCUT2D eigenvalue weighted by Gasteiger charge is -2.48. The van der Waals surface area contributed by atoms with Crippen LogP contribution < -0.4 is 0 Å². The lowest BCUT2D eigenvalue weighted by atomic mass is 9.55. The maximum absolute atomic E-state index is 12.4. The van der Waals surface area contributed by atoms with Crippen molar-refractivity contribution < 1.29 is 9.90 Å². The highest BCUT2D eigenvalue weighted by Gasteiger charge is 2.61. The van der Waals surface area contributed by atoms with Crippen molar-refractivity contribution in [2.45, 2.75) is 46.1 Å². The number of aliphatic hydroxyl groups is 1. The molecule has 1 N–H and O–H groups in total. The number of ketones is 1. The van der Waals surface area contributed by atoms with Gasteiger partial charge in [-0.15, -0.1) is 0 Å². The van der Waals surface area contributed by atoms with Crippen LogP contribution in [0.15, 0.2) is 11.6 Å². The Morgan fingerprint density at radius 1 is 1.41 bits per heavy atom. The van der Waals surface area contributed by atoms with E-state index in [1.807, 2.05) is 0 Å². The molecule has 0 aromatic rings. The van der Waals surface area contributed by atoms with Gasteiger partial charge in [-0.3, -0.25) is 4.79 Å². The van der Waals surface area contributed by atoms with Crippen molar-refractivity contribution in [2.24, 2.45) is 29.1 Å². The highest BCUT2D eigenvalue weighted by atomic mass is 16.3. The Hall–Kier alpha value is -0.630. The summed E-state index contributed by atoms with van der Waals surface area (Å²) in [5, 5.41) is 10.2. The molecule has 3 aliphatic carbocycles. The second kappa shape index (κ2) is 3.44. The molecule has 6 atom stereocenters. The highest BCUT2D eigenvalue weighted by Crippen LogP contribution is 2.60. The largest absolute Gasteiger partial charge is 0.392 e. The number of carbonyl (C=O) groups is 1. The molecule has 2 bridgehead atoms. The molecule has 0 spiro atoms. The Morgan fingerprint density at radius 2 is 2.12 bits per heavy atom. The first kappa shape index (κ1) is 11.5. The van der Waals surface area contributed by atoms with Gasteiger partial charge in [0.1, 0.15) is 5.78 Å². The van der Waals surface area contributed by atoms with Crippen LogP contribution in [0.25, 0.3) is 0 Å². The summed E-state index contributed by atoms with van der Waals surface area (Å²) in [4.78, 5) is 12.4. The quantitative estimate of drug-likeness (QED) is 0.654. The van der Waals surface area contributed by atoms with Crippen molar-refractivity contribution in [1.82, 2.24) is 0 Å². The Morgan fingerprint density at radius 3 is 2.82 bits per heavy atom. The van der Waals surface area contributed by atoms with E-state index in [1.54, 1.807) is 0 Å². The fourth-order valence-corrected chi connectivity index (χ4v) is 4.67. The van der Waals surface area contributed by atoms with Gasteiger partial charge >= 0.3 is 0 Å². The Balaban J connectivity index is 2.13. The van der Waals surface area contributed by atoms with Crippen molar-refractivity contribution in [3.63, 3.8) is 0 Å². The molecule has 0 heterocycles. The summed E-state index contributed by atoms with van der Waals surface area (Å²) < 4.78 is 0. The zero-order valence-electron chi connectivity index (χ0n) is 10.9. The van der Waals surface area contributed by atoms with Crippen molar-refractivity contribution in [3.05, 3.63) is 11.6 Å². The van der Waals surface area contributed by atoms with Crippen molar-refractivity contribution >= 4 is 5.78 Å². The first-order valence-corrected chi connectivity index (χ1v) is 6.89. The van der Waals surface area contributed by atoms with Crippen LogP contribution in [0.5, 0.6) is 0 Å². The minimum Gasteiger partial charge on any atom is -0.392 e. The summed E-state index contributed by atoms with van der Waals surface area (Å²) >= 11 is 0. The molecule has 2 saturated carbocycles. The van der Waals surface area contributed by atoms with Gasteiger partial charge in [0, 0.05) is 17.3 Å². The van der Waals surface area contributed by atoms with Crippen LogP contribution >= 0.6 is 0 Å². The molecule has 2 nitrogen and oxygen atoms in total. The molecule has 0 aromatic heterocycles. The van der Waals surface area contributed by atoms with Gasteiger partial charge in [0.25, 0.3) is 0 Å². The van der Waals surface area contributed by atoms with E-state index in [2.05, 4.69) is 26.8 Å². The number of aliphatic hydroxyl groups excluding tert-OH is 1. The van der Waals surface area contributed by atoms with E-state index in [0.717, 1.165) is 12.8 Å². The van der Waals surface area contributed by atoms with Crippen molar-refractivity contribution in [3.8, 4) is 0 Å². The second-order valence-corrected chi connectivity index (χ2v) is 6.53. The number of hydrogen-bond acceptors (Lipinski definition) is 2. The zero-order valence-corrected chi connectivity index (χ0v) is 10.9. The van der Waals surface area contributed by atoms with Crippen LogP contribution in [0, 0.1) is 29.1 Å². The lowest BCUT2D eigenvalue weighted by Crippen LogP contribution is -2.46. The number of carbonyl (C=O) groups excluding carboxylic acids is 1. The third-order valence-corrected chi connectivity index (χ3v) is 5.94. The van der Waals surface area contributed by atoms with Gasteiger partial charge in [0.05, 0.1) is 6.10 Å². The van der Waals surface area contributed by atoms with Crippen LogP contribution in [0.3, 0.4) is 0 Å². The molecular formula is C15H22O2. The third-order valence-electron chi connectivity index (χ3n) is 5.94.